The minimum Gasteiger partial charge on any atom is -0.375 e. The first kappa shape index (κ1) is 8.53. The molecule has 0 spiro atoms. The van der Waals surface area contributed by atoms with Crippen molar-refractivity contribution in [3.05, 3.63) is 42.0 Å². The van der Waals surface area contributed by atoms with Crippen LogP contribution in [0.4, 0.5) is 5.69 Å². The third kappa shape index (κ3) is 1.16. The van der Waals surface area contributed by atoms with Gasteiger partial charge in [-0.2, -0.15) is 0 Å². The Bertz CT molecular complexity index is 513. The van der Waals surface area contributed by atoms with Crippen LogP contribution in [0, 0.1) is 6.92 Å². The van der Waals surface area contributed by atoms with Gasteiger partial charge in [-0.25, -0.2) is 4.98 Å². The van der Waals surface area contributed by atoms with Crippen molar-refractivity contribution in [3.8, 4) is 5.69 Å². The fourth-order valence-electron chi connectivity index (χ4n) is 2.11. The lowest BCUT2D eigenvalue weighted by molar-refractivity contribution is 0.773. The van der Waals surface area contributed by atoms with Gasteiger partial charge in [-0.1, -0.05) is 6.07 Å². The fourth-order valence-corrected chi connectivity index (χ4v) is 2.11. The summed E-state index contributed by atoms with van der Waals surface area (Å²) >= 11 is 0. The molecular formula is C12H13N3. The van der Waals surface area contributed by atoms with Gasteiger partial charge in [-0.15, -0.1) is 0 Å². The Morgan fingerprint density at radius 2 is 2.27 bits per heavy atom. The normalized spacial score (nSPS) is 17.9. The van der Waals surface area contributed by atoms with Crippen LogP contribution in [0.1, 0.15) is 24.2 Å². The number of hydrogen-bond acceptors (Lipinski definition) is 2. The monoisotopic (exact) mass is 199 g/mol. The maximum absolute atomic E-state index is 4.20. The number of imidazole rings is 1. The number of nitrogens with zero attached hydrogens (tertiary/aromatic N) is 2. The first-order valence-corrected chi connectivity index (χ1v) is 5.15. The van der Waals surface area contributed by atoms with Gasteiger partial charge in [0.05, 0.1) is 35.6 Å². The molecule has 0 saturated carbocycles. The lowest BCUT2D eigenvalue weighted by Gasteiger charge is -2.26. The summed E-state index contributed by atoms with van der Waals surface area (Å²) in [6, 6.07) is 6.76. The van der Waals surface area contributed by atoms with Gasteiger partial charge in [-0.05, 0) is 31.5 Å². The summed E-state index contributed by atoms with van der Waals surface area (Å²) < 4.78 is 2.15. The predicted octanol–water partition coefficient (Wildman–Crippen LogP) is 2.67. The number of aromatic nitrogens is 2. The van der Waals surface area contributed by atoms with Crippen LogP contribution < -0.4 is 5.32 Å². The number of anilines is 1. The van der Waals surface area contributed by atoms with Gasteiger partial charge in [0.2, 0.25) is 0 Å². The molecule has 0 bridgehead atoms. The molecule has 1 atom stereocenters. The van der Waals surface area contributed by atoms with E-state index in [0.29, 0.717) is 6.04 Å². The van der Waals surface area contributed by atoms with E-state index in [4.69, 9.17) is 0 Å². The van der Waals surface area contributed by atoms with Crippen molar-refractivity contribution in [2.45, 2.75) is 19.9 Å². The van der Waals surface area contributed by atoms with Crippen LogP contribution >= 0.6 is 0 Å². The molecule has 3 heteroatoms. The van der Waals surface area contributed by atoms with Gasteiger partial charge < -0.3 is 5.32 Å². The van der Waals surface area contributed by atoms with Crippen LogP contribution in [0.5, 0.6) is 0 Å². The van der Waals surface area contributed by atoms with E-state index in [-0.39, 0.29) is 0 Å². The lowest BCUT2D eigenvalue weighted by Crippen LogP contribution is -2.18. The van der Waals surface area contributed by atoms with Crippen LogP contribution in [-0.4, -0.2) is 9.55 Å². The molecule has 0 saturated heterocycles. The van der Waals surface area contributed by atoms with Gasteiger partial charge in [-0.3, -0.25) is 4.57 Å². The molecule has 1 aromatic carbocycles. The average molecular weight is 199 g/mol. The number of aryl methyl sites for hydroxylation is 1. The van der Waals surface area contributed by atoms with Gasteiger partial charge >= 0.3 is 0 Å². The standard InChI is InChI=1S/C12H13N3/c1-8-3-4-11-10(5-8)14-9(2)12-6-13-7-15(11)12/h3-7,9,14H,1-2H3/t9-/m0/s1. The topological polar surface area (TPSA) is 29.9 Å². The van der Waals surface area contributed by atoms with Crippen LogP contribution in [0.15, 0.2) is 30.7 Å². The van der Waals surface area contributed by atoms with E-state index in [1.165, 1.54) is 22.6 Å². The summed E-state index contributed by atoms with van der Waals surface area (Å²) in [7, 11) is 0. The second kappa shape index (κ2) is 2.86. The van der Waals surface area contributed by atoms with Gasteiger partial charge in [0.15, 0.2) is 0 Å². The van der Waals surface area contributed by atoms with E-state index < -0.39 is 0 Å². The maximum atomic E-state index is 4.20. The zero-order valence-corrected chi connectivity index (χ0v) is 8.86. The lowest BCUT2D eigenvalue weighted by atomic mass is 10.1. The van der Waals surface area contributed by atoms with E-state index in [9.17, 15) is 0 Å². The molecule has 0 unspecified atom stereocenters. The van der Waals surface area contributed by atoms with Crippen LogP contribution in [-0.2, 0) is 0 Å². The second-order valence-corrected chi connectivity index (χ2v) is 4.08. The molecular weight excluding hydrogens is 186 g/mol. The summed E-state index contributed by atoms with van der Waals surface area (Å²) in [6.45, 7) is 4.26. The zero-order chi connectivity index (χ0) is 10.4. The first-order chi connectivity index (χ1) is 7.25. The molecule has 3 nitrogen and oxygen atoms in total. The predicted molar refractivity (Wildman–Crippen MR) is 60.3 cm³/mol. The maximum Gasteiger partial charge on any atom is 0.0995 e. The SMILES string of the molecule is Cc1ccc2c(c1)N[C@@H](C)c1cncn1-2. The molecule has 15 heavy (non-hydrogen) atoms. The van der Waals surface area contributed by atoms with Crippen molar-refractivity contribution >= 4 is 5.69 Å². The minimum absolute atomic E-state index is 0.321. The van der Waals surface area contributed by atoms with E-state index >= 15 is 0 Å². The minimum atomic E-state index is 0.321. The van der Waals surface area contributed by atoms with Gasteiger partial charge in [0, 0.05) is 0 Å². The van der Waals surface area contributed by atoms with Crippen molar-refractivity contribution in [1.29, 1.82) is 0 Å². The van der Waals surface area contributed by atoms with Gasteiger partial charge in [0.25, 0.3) is 0 Å². The summed E-state index contributed by atoms with van der Waals surface area (Å²) in [5, 5.41) is 3.48. The number of hydrogen-bond donors (Lipinski definition) is 1. The van der Waals surface area contributed by atoms with Crippen LogP contribution in [0.25, 0.3) is 5.69 Å². The van der Waals surface area contributed by atoms with Crippen molar-refractivity contribution in [2.75, 3.05) is 5.32 Å². The largest absolute Gasteiger partial charge is 0.375 e. The highest BCUT2D eigenvalue weighted by atomic mass is 15.1. The van der Waals surface area contributed by atoms with Crippen LogP contribution in [0.2, 0.25) is 0 Å². The van der Waals surface area contributed by atoms with E-state index in [1.54, 1.807) is 0 Å². The number of benzene rings is 1. The molecule has 0 radical (unpaired) electrons. The molecule has 0 amide bonds. The molecule has 0 fully saturated rings. The molecule has 1 aromatic heterocycles. The summed E-state index contributed by atoms with van der Waals surface area (Å²) in [4.78, 5) is 4.20. The quantitative estimate of drug-likeness (QED) is 0.707. The zero-order valence-electron chi connectivity index (χ0n) is 8.86. The Morgan fingerprint density at radius 1 is 1.40 bits per heavy atom. The molecule has 2 aromatic rings. The molecule has 1 aliphatic heterocycles. The van der Waals surface area contributed by atoms with Crippen molar-refractivity contribution in [3.63, 3.8) is 0 Å². The molecule has 3 rings (SSSR count). The molecule has 1 aliphatic rings. The highest BCUT2D eigenvalue weighted by molar-refractivity contribution is 5.66. The Hall–Kier alpha value is -1.77. The number of rotatable bonds is 0. The Labute approximate surface area is 88.8 Å². The second-order valence-electron chi connectivity index (χ2n) is 4.08. The Balaban J connectivity index is 2.27. The Morgan fingerprint density at radius 3 is 3.13 bits per heavy atom. The average Bonchev–Trinajstić information content (AvgIpc) is 2.66. The Kier molecular flexibility index (Phi) is 1.63. The highest BCUT2D eigenvalue weighted by Gasteiger charge is 2.20. The van der Waals surface area contributed by atoms with Crippen LogP contribution in [0.3, 0.4) is 0 Å². The molecule has 0 aliphatic carbocycles. The number of nitrogens with one attached hydrogen (secondary N) is 1. The first-order valence-electron chi connectivity index (χ1n) is 5.15. The third-order valence-corrected chi connectivity index (χ3v) is 2.89. The van der Waals surface area contributed by atoms with E-state index in [1.807, 2.05) is 12.5 Å². The fraction of sp³-hybridized carbons (Fsp3) is 0.250. The summed E-state index contributed by atoms with van der Waals surface area (Å²) in [5.41, 5.74) is 4.86. The summed E-state index contributed by atoms with van der Waals surface area (Å²) in [6.07, 6.45) is 3.79. The molecule has 76 valence electrons. The van der Waals surface area contributed by atoms with Crippen molar-refractivity contribution in [1.82, 2.24) is 9.55 Å². The summed E-state index contributed by atoms with van der Waals surface area (Å²) in [5.74, 6) is 0. The number of fused-ring (bicyclic) bond motifs is 3. The smallest absolute Gasteiger partial charge is 0.0995 e. The van der Waals surface area contributed by atoms with Crippen molar-refractivity contribution < 1.29 is 0 Å². The van der Waals surface area contributed by atoms with E-state index in [0.717, 1.165) is 0 Å². The van der Waals surface area contributed by atoms with E-state index in [2.05, 4.69) is 46.9 Å². The van der Waals surface area contributed by atoms with Gasteiger partial charge in [0.1, 0.15) is 0 Å². The highest BCUT2D eigenvalue weighted by Crippen LogP contribution is 2.32. The molecule has 2 heterocycles. The third-order valence-electron chi connectivity index (χ3n) is 2.89. The molecule has 1 N–H and O–H groups in total. The van der Waals surface area contributed by atoms with Crippen molar-refractivity contribution in [2.24, 2.45) is 0 Å².